The number of nitrogens with zero attached hydrogens (tertiary/aromatic N) is 2. The minimum absolute atomic E-state index is 0.144. The van der Waals surface area contributed by atoms with Gasteiger partial charge in [-0.05, 0) is 55.0 Å². The van der Waals surface area contributed by atoms with Crippen LogP contribution >= 0.6 is 11.8 Å². The fourth-order valence-electron chi connectivity index (χ4n) is 3.53. The highest BCUT2D eigenvalue weighted by Gasteiger charge is 2.34. The SMILES string of the molecule is C[C@@H](SC1=N/C(=C\c2ccccc2)C(=O)N1c1ccc(F)cc1)C(=O)Nc1ccc2c(c1)OCO2. The van der Waals surface area contributed by atoms with Crippen molar-refractivity contribution in [3.8, 4) is 11.5 Å². The summed E-state index contributed by atoms with van der Waals surface area (Å²) >= 11 is 1.14. The first-order valence-electron chi connectivity index (χ1n) is 10.8. The molecule has 1 atom stereocenters. The Kier molecular flexibility index (Phi) is 6.24. The number of fused-ring (bicyclic) bond motifs is 1. The average molecular weight is 490 g/mol. The number of anilines is 2. The van der Waals surface area contributed by atoms with Gasteiger partial charge in [0.2, 0.25) is 12.7 Å². The quantitative estimate of drug-likeness (QED) is 0.507. The van der Waals surface area contributed by atoms with Crippen LogP contribution in [0, 0.1) is 5.82 Å². The Balaban J connectivity index is 1.38. The van der Waals surface area contributed by atoms with Crippen molar-refractivity contribution < 1.29 is 23.5 Å². The van der Waals surface area contributed by atoms with Crippen molar-refractivity contribution in [1.29, 1.82) is 0 Å². The Hall–Kier alpha value is -4.11. The fourth-order valence-corrected chi connectivity index (χ4v) is 4.46. The molecule has 0 saturated heterocycles. The van der Waals surface area contributed by atoms with Gasteiger partial charge in [0, 0.05) is 11.8 Å². The van der Waals surface area contributed by atoms with Gasteiger partial charge in [-0.2, -0.15) is 0 Å². The van der Waals surface area contributed by atoms with E-state index < -0.39 is 11.1 Å². The molecule has 0 spiro atoms. The first-order valence-corrected chi connectivity index (χ1v) is 11.7. The summed E-state index contributed by atoms with van der Waals surface area (Å²) in [6.07, 6.45) is 1.68. The molecule has 5 rings (SSSR count). The number of rotatable bonds is 5. The lowest BCUT2D eigenvalue weighted by molar-refractivity contribution is -0.115. The van der Waals surface area contributed by atoms with E-state index in [9.17, 15) is 14.0 Å². The van der Waals surface area contributed by atoms with Crippen LogP contribution in [0.1, 0.15) is 12.5 Å². The number of hydrogen-bond donors (Lipinski definition) is 1. The number of nitrogens with one attached hydrogen (secondary N) is 1. The molecule has 0 aromatic heterocycles. The predicted octanol–water partition coefficient (Wildman–Crippen LogP) is 5.06. The fraction of sp³-hybridized carbons (Fsp3) is 0.115. The van der Waals surface area contributed by atoms with Gasteiger partial charge in [-0.3, -0.25) is 14.5 Å². The van der Waals surface area contributed by atoms with E-state index in [0.29, 0.717) is 28.0 Å². The molecule has 2 heterocycles. The first-order chi connectivity index (χ1) is 17.0. The summed E-state index contributed by atoms with van der Waals surface area (Å²) < 4.78 is 24.2. The maximum absolute atomic E-state index is 13.5. The van der Waals surface area contributed by atoms with Crippen LogP contribution in [-0.4, -0.2) is 29.0 Å². The van der Waals surface area contributed by atoms with Crippen molar-refractivity contribution in [2.45, 2.75) is 12.2 Å². The molecule has 0 bridgehead atoms. The molecule has 35 heavy (non-hydrogen) atoms. The molecule has 0 saturated carbocycles. The summed E-state index contributed by atoms with van der Waals surface area (Å²) in [4.78, 5) is 32.1. The summed E-state index contributed by atoms with van der Waals surface area (Å²) in [7, 11) is 0. The summed E-state index contributed by atoms with van der Waals surface area (Å²) in [6, 6.07) is 20.1. The van der Waals surface area contributed by atoms with E-state index in [0.717, 1.165) is 17.3 Å². The third kappa shape index (κ3) is 4.90. The van der Waals surface area contributed by atoms with E-state index in [1.165, 1.54) is 29.2 Å². The van der Waals surface area contributed by atoms with Crippen LogP contribution in [0.15, 0.2) is 83.5 Å². The Labute approximate surface area is 205 Å². The van der Waals surface area contributed by atoms with Gasteiger partial charge >= 0.3 is 0 Å². The largest absolute Gasteiger partial charge is 0.454 e. The molecule has 7 nitrogen and oxygen atoms in total. The smallest absolute Gasteiger partial charge is 0.283 e. The zero-order valence-electron chi connectivity index (χ0n) is 18.6. The van der Waals surface area contributed by atoms with Crippen molar-refractivity contribution in [3.63, 3.8) is 0 Å². The molecule has 9 heteroatoms. The Morgan fingerprint density at radius 3 is 2.60 bits per heavy atom. The Morgan fingerprint density at radius 2 is 1.83 bits per heavy atom. The van der Waals surface area contributed by atoms with Gasteiger partial charge in [-0.15, -0.1) is 0 Å². The average Bonchev–Trinajstić information content (AvgIpc) is 3.44. The van der Waals surface area contributed by atoms with Gasteiger partial charge < -0.3 is 14.8 Å². The molecule has 0 fully saturated rings. The number of benzene rings is 3. The van der Waals surface area contributed by atoms with E-state index in [1.54, 1.807) is 31.2 Å². The highest BCUT2D eigenvalue weighted by molar-refractivity contribution is 8.15. The van der Waals surface area contributed by atoms with Crippen molar-refractivity contribution >= 4 is 46.2 Å². The van der Waals surface area contributed by atoms with Gasteiger partial charge in [0.15, 0.2) is 16.7 Å². The lowest BCUT2D eigenvalue weighted by atomic mass is 10.2. The standard InChI is InChI=1S/C26H20FN3O4S/c1-16(24(31)28-19-9-12-22-23(14-19)34-15-33-22)35-26-29-21(13-17-5-3-2-4-6-17)25(32)30(26)20-10-7-18(27)8-11-20/h2-14,16H,15H2,1H3,(H,28,31)/b21-13-/t16-/m1/s1. The van der Waals surface area contributed by atoms with E-state index in [2.05, 4.69) is 10.3 Å². The van der Waals surface area contributed by atoms with Gasteiger partial charge in [0.25, 0.3) is 5.91 Å². The number of aliphatic imine (C=N–C) groups is 1. The summed E-state index contributed by atoms with van der Waals surface area (Å²) in [5.74, 6) is 0.141. The molecular formula is C26H20FN3O4S. The number of ether oxygens (including phenoxy) is 2. The topological polar surface area (TPSA) is 80.2 Å². The first kappa shape index (κ1) is 22.7. The van der Waals surface area contributed by atoms with Gasteiger partial charge in [-0.25, -0.2) is 9.38 Å². The highest BCUT2D eigenvalue weighted by atomic mass is 32.2. The highest BCUT2D eigenvalue weighted by Crippen LogP contribution is 2.35. The van der Waals surface area contributed by atoms with Crippen LogP contribution in [0.5, 0.6) is 11.5 Å². The number of carbonyl (C=O) groups excluding carboxylic acids is 2. The van der Waals surface area contributed by atoms with E-state index in [-0.39, 0.29) is 24.3 Å². The van der Waals surface area contributed by atoms with Crippen molar-refractivity contribution in [2.24, 2.45) is 4.99 Å². The number of amides is 2. The number of halogens is 1. The maximum Gasteiger partial charge on any atom is 0.283 e. The second kappa shape index (κ2) is 9.63. The summed E-state index contributed by atoms with van der Waals surface area (Å²) in [5.41, 5.74) is 2.07. The Morgan fingerprint density at radius 1 is 1.09 bits per heavy atom. The van der Waals surface area contributed by atoms with E-state index in [1.807, 2.05) is 30.3 Å². The molecule has 0 radical (unpaired) electrons. The number of hydrogen-bond acceptors (Lipinski definition) is 6. The number of amidine groups is 1. The monoisotopic (exact) mass is 489 g/mol. The normalized spacial score (nSPS) is 16.4. The molecule has 0 unspecified atom stereocenters. The molecule has 176 valence electrons. The molecule has 0 aliphatic carbocycles. The third-order valence-corrected chi connectivity index (χ3v) is 6.36. The molecule has 3 aromatic rings. The van der Waals surface area contributed by atoms with Gasteiger partial charge in [-0.1, -0.05) is 42.1 Å². The predicted molar refractivity (Wildman–Crippen MR) is 134 cm³/mol. The number of thioether (sulfide) groups is 1. The van der Waals surface area contributed by atoms with Crippen molar-refractivity contribution in [3.05, 3.63) is 89.9 Å². The van der Waals surface area contributed by atoms with E-state index in [4.69, 9.17) is 9.47 Å². The lowest BCUT2D eigenvalue weighted by Crippen LogP contribution is -2.33. The van der Waals surface area contributed by atoms with Gasteiger partial charge in [0.05, 0.1) is 10.9 Å². The minimum Gasteiger partial charge on any atom is -0.454 e. The lowest BCUT2D eigenvalue weighted by Gasteiger charge is -2.20. The summed E-state index contributed by atoms with van der Waals surface area (Å²) in [5, 5.41) is 2.59. The zero-order valence-corrected chi connectivity index (χ0v) is 19.4. The van der Waals surface area contributed by atoms with Crippen LogP contribution < -0.4 is 19.7 Å². The van der Waals surface area contributed by atoms with Crippen molar-refractivity contribution in [1.82, 2.24) is 0 Å². The van der Waals surface area contributed by atoms with E-state index >= 15 is 0 Å². The minimum atomic E-state index is -0.592. The zero-order chi connectivity index (χ0) is 24.4. The van der Waals surface area contributed by atoms with Crippen LogP contribution in [-0.2, 0) is 9.59 Å². The Bertz CT molecular complexity index is 1340. The molecular weight excluding hydrogens is 469 g/mol. The molecule has 2 amide bonds. The second-order valence-electron chi connectivity index (χ2n) is 7.77. The van der Waals surface area contributed by atoms with Crippen LogP contribution in [0.3, 0.4) is 0 Å². The molecule has 2 aliphatic rings. The maximum atomic E-state index is 13.5. The molecule has 3 aromatic carbocycles. The van der Waals surface area contributed by atoms with Crippen LogP contribution in [0.25, 0.3) is 6.08 Å². The van der Waals surface area contributed by atoms with Gasteiger partial charge in [0.1, 0.15) is 11.5 Å². The number of carbonyl (C=O) groups is 2. The summed E-state index contributed by atoms with van der Waals surface area (Å²) in [6.45, 7) is 1.87. The van der Waals surface area contributed by atoms with Crippen LogP contribution in [0.4, 0.5) is 15.8 Å². The van der Waals surface area contributed by atoms with Crippen LogP contribution in [0.2, 0.25) is 0 Å². The van der Waals surface area contributed by atoms with Crippen molar-refractivity contribution in [2.75, 3.05) is 17.0 Å². The molecule has 2 aliphatic heterocycles. The third-order valence-electron chi connectivity index (χ3n) is 5.31. The molecule has 1 N–H and O–H groups in total. The second-order valence-corrected chi connectivity index (χ2v) is 9.08.